The van der Waals surface area contributed by atoms with Crippen molar-refractivity contribution in [3.63, 3.8) is 0 Å². The van der Waals surface area contributed by atoms with Crippen molar-refractivity contribution >= 4 is 34.4 Å². The summed E-state index contributed by atoms with van der Waals surface area (Å²) in [7, 11) is 0. The fraction of sp³-hybridized carbons (Fsp3) is 0.364. The molecule has 5 rings (SSSR count). The Balaban J connectivity index is 1.36. The van der Waals surface area contributed by atoms with Gasteiger partial charge in [0.05, 0.1) is 5.69 Å². The highest BCUT2D eigenvalue weighted by molar-refractivity contribution is 6.29. The Hall–Kier alpha value is -3.40. The first-order valence-electron chi connectivity index (χ1n) is 10.8. The standard InChI is InChI=1S/C22H23ClFN9/c1-11-6-17(23)32-22(28-11)31-14-5-3-4-13(7-14)30-21-18(24)12(2)29-20(33-21)16-9-26-19-15(16)8-25-10-27-19/h6,8-10,13-14H,3-5,7H2,1-2H3,(H,25,26,27)(H,28,31,32)(H,29,30,33)/t13-,14+/m1/s1. The molecule has 1 aliphatic carbocycles. The van der Waals surface area contributed by atoms with Crippen LogP contribution in [0.2, 0.25) is 5.15 Å². The van der Waals surface area contributed by atoms with Gasteiger partial charge in [-0.15, -0.1) is 0 Å². The lowest BCUT2D eigenvalue weighted by Gasteiger charge is -2.31. The van der Waals surface area contributed by atoms with Crippen molar-refractivity contribution in [2.45, 2.75) is 51.6 Å². The molecule has 33 heavy (non-hydrogen) atoms. The van der Waals surface area contributed by atoms with Crippen molar-refractivity contribution in [2.24, 2.45) is 0 Å². The van der Waals surface area contributed by atoms with Gasteiger partial charge in [-0.3, -0.25) is 0 Å². The van der Waals surface area contributed by atoms with Crippen LogP contribution in [-0.2, 0) is 0 Å². The van der Waals surface area contributed by atoms with Gasteiger partial charge in [0.25, 0.3) is 0 Å². The molecule has 4 heterocycles. The summed E-state index contributed by atoms with van der Waals surface area (Å²) in [5.74, 6) is 0.687. The predicted octanol–water partition coefficient (Wildman–Crippen LogP) is 4.45. The summed E-state index contributed by atoms with van der Waals surface area (Å²) in [6.45, 7) is 3.52. The van der Waals surface area contributed by atoms with E-state index in [1.807, 2.05) is 6.92 Å². The number of halogens is 2. The summed E-state index contributed by atoms with van der Waals surface area (Å²) in [5.41, 5.74) is 2.49. The van der Waals surface area contributed by atoms with Crippen molar-refractivity contribution in [1.29, 1.82) is 0 Å². The molecule has 0 aromatic carbocycles. The number of nitrogens with zero attached hydrogens (tertiary/aromatic N) is 6. The number of fused-ring (bicyclic) bond motifs is 1. The van der Waals surface area contributed by atoms with E-state index >= 15 is 0 Å². The quantitative estimate of drug-likeness (QED) is 0.368. The van der Waals surface area contributed by atoms with Crippen molar-refractivity contribution in [2.75, 3.05) is 10.6 Å². The van der Waals surface area contributed by atoms with Crippen molar-refractivity contribution in [3.05, 3.63) is 47.1 Å². The number of hydrogen-bond donors (Lipinski definition) is 3. The highest BCUT2D eigenvalue weighted by Gasteiger charge is 2.25. The normalized spacial score (nSPS) is 18.4. The second-order valence-electron chi connectivity index (χ2n) is 8.29. The van der Waals surface area contributed by atoms with E-state index in [1.54, 1.807) is 25.4 Å². The zero-order chi connectivity index (χ0) is 22.9. The van der Waals surface area contributed by atoms with Crippen LogP contribution in [0.4, 0.5) is 16.2 Å². The first-order valence-corrected chi connectivity index (χ1v) is 11.2. The number of H-pyrrole nitrogens is 1. The van der Waals surface area contributed by atoms with E-state index in [1.165, 1.54) is 6.33 Å². The fourth-order valence-corrected chi connectivity index (χ4v) is 4.48. The molecular weight excluding hydrogens is 445 g/mol. The Morgan fingerprint density at radius 1 is 1.09 bits per heavy atom. The summed E-state index contributed by atoms with van der Waals surface area (Å²) >= 11 is 6.06. The van der Waals surface area contributed by atoms with Crippen LogP contribution in [0.5, 0.6) is 0 Å². The van der Waals surface area contributed by atoms with Gasteiger partial charge in [0.1, 0.15) is 17.1 Å². The van der Waals surface area contributed by atoms with Crippen LogP contribution in [0.3, 0.4) is 0 Å². The molecule has 4 aromatic rings. The van der Waals surface area contributed by atoms with Crippen molar-refractivity contribution in [3.8, 4) is 11.4 Å². The first kappa shape index (κ1) is 21.4. The lowest BCUT2D eigenvalue weighted by Crippen LogP contribution is -2.35. The van der Waals surface area contributed by atoms with Gasteiger partial charge in [0.15, 0.2) is 17.5 Å². The zero-order valence-corrected chi connectivity index (χ0v) is 19.0. The van der Waals surface area contributed by atoms with Gasteiger partial charge in [-0.25, -0.2) is 34.3 Å². The number of aryl methyl sites for hydroxylation is 2. The second-order valence-corrected chi connectivity index (χ2v) is 8.67. The molecule has 1 fully saturated rings. The SMILES string of the molecule is Cc1cc(Cl)nc(N[C@H]2CCC[C@@H](Nc3nc(-c4c[nH]c5ncncc45)nc(C)c3F)C2)n1. The predicted molar refractivity (Wildman–Crippen MR) is 125 cm³/mol. The minimum atomic E-state index is -0.446. The molecule has 0 aliphatic heterocycles. The van der Waals surface area contributed by atoms with Gasteiger partial charge in [0, 0.05) is 41.1 Å². The highest BCUT2D eigenvalue weighted by Crippen LogP contribution is 2.29. The average Bonchev–Trinajstić information content (AvgIpc) is 3.20. The van der Waals surface area contributed by atoms with Crippen LogP contribution in [0.1, 0.15) is 37.1 Å². The molecule has 0 saturated heterocycles. The molecule has 2 atom stereocenters. The molecule has 4 aromatic heterocycles. The van der Waals surface area contributed by atoms with E-state index in [0.29, 0.717) is 22.6 Å². The van der Waals surface area contributed by atoms with Gasteiger partial charge in [-0.1, -0.05) is 11.6 Å². The number of hydrogen-bond acceptors (Lipinski definition) is 8. The van der Waals surface area contributed by atoms with Crippen molar-refractivity contribution < 1.29 is 4.39 Å². The maximum atomic E-state index is 15.0. The number of aromatic nitrogens is 7. The van der Waals surface area contributed by atoms with Gasteiger partial charge in [-0.05, 0) is 45.6 Å². The third-order valence-electron chi connectivity index (χ3n) is 5.78. The number of anilines is 2. The topological polar surface area (TPSA) is 117 Å². The third kappa shape index (κ3) is 4.56. The van der Waals surface area contributed by atoms with E-state index in [2.05, 4.69) is 45.5 Å². The molecule has 170 valence electrons. The second kappa shape index (κ2) is 8.86. The Morgan fingerprint density at radius 3 is 2.73 bits per heavy atom. The van der Waals surface area contributed by atoms with Gasteiger partial charge < -0.3 is 15.6 Å². The Bertz CT molecular complexity index is 1290. The first-order chi connectivity index (χ1) is 16.0. The van der Waals surface area contributed by atoms with Crippen molar-refractivity contribution in [1.82, 2.24) is 34.9 Å². The summed E-state index contributed by atoms with van der Waals surface area (Å²) in [6, 6.07) is 1.90. The maximum Gasteiger partial charge on any atom is 0.224 e. The molecule has 11 heteroatoms. The minimum absolute atomic E-state index is 0.0412. The highest BCUT2D eigenvalue weighted by atomic mass is 35.5. The molecule has 0 spiro atoms. The fourth-order valence-electron chi connectivity index (χ4n) is 4.24. The Kier molecular flexibility index (Phi) is 5.76. The van der Waals surface area contributed by atoms with E-state index in [-0.39, 0.29) is 23.6 Å². The zero-order valence-electron chi connectivity index (χ0n) is 18.2. The van der Waals surface area contributed by atoms with Gasteiger partial charge in [-0.2, -0.15) is 0 Å². The van der Waals surface area contributed by atoms with Crippen LogP contribution in [-0.4, -0.2) is 47.0 Å². The van der Waals surface area contributed by atoms with Crippen LogP contribution in [0.15, 0.2) is 24.8 Å². The molecule has 0 bridgehead atoms. The molecule has 0 amide bonds. The average molecular weight is 468 g/mol. The lowest BCUT2D eigenvalue weighted by atomic mass is 9.91. The summed E-state index contributed by atoms with van der Waals surface area (Å²) in [4.78, 5) is 28.9. The number of rotatable bonds is 5. The monoisotopic (exact) mass is 467 g/mol. The molecule has 1 aliphatic rings. The van der Waals surface area contributed by atoms with Crippen LogP contribution >= 0.6 is 11.6 Å². The van der Waals surface area contributed by atoms with Gasteiger partial charge >= 0.3 is 0 Å². The molecule has 0 unspecified atom stereocenters. The summed E-state index contributed by atoms with van der Waals surface area (Å²) in [5, 5.41) is 7.86. The molecule has 3 N–H and O–H groups in total. The third-order valence-corrected chi connectivity index (χ3v) is 5.98. The Labute approximate surface area is 194 Å². The lowest BCUT2D eigenvalue weighted by molar-refractivity contribution is 0.423. The molecule has 1 saturated carbocycles. The largest absolute Gasteiger partial charge is 0.365 e. The van der Waals surface area contributed by atoms with Crippen LogP contribution < -0.4 is 10.6 Å². The molecule has 0 radical (unpaired) electrons. The molecule has 9 nitrogen and oxygen atoms in total. The van der Waals surface area contributed by atoms with E-state index in [4.69, 9.17) is 11.6 Å². The van der Waals surface area contributed by atoms with E-state index < -0.39 is 5.82 Å². The Morgan fingerprint density at radius 2 is 1.91 bits per heavy atom. The maximum absolute atomic E-state index is 15.0. The summed E-state index contributed by atoms with van der Waals surface area (Å²) in [6.07, 6.45) is 8.56. The number of nitrogens with one attached hydrogen (secondary N) is 3. The smallest absolute Gasteiger partial charge is 0.224 e. The molecular formula is C22H23ClFN9. The van der Waals surface area contributed by atoms with E-state index in [0.717, 1.165) is 42.3 Å². The summed E-state index contributed by atoms with van der Waals surface area (Å²) < 4.78 is 15.0. The number of aromatic amines is 1. The van der Waals surface area contributed by atoms with E-state index in [9.17, 15) is 4.39 Å². The van der Waals surface area contributed by atoms with Crippen LogP contribution in [0.25, 0.3) is 22.4 Å². The minimum Gasteiger partial charge on any atom is -0.365 e. The van der Waals surface area contributed by atoms with Gasteiger partial charge in [0.2, 0.25) is 5.95 Å². The van der Waals surface area contributed by atoms with Crippen LogP contribution in [0, 0.1) is 19.7 Å².